The SMILES string of the molecule is Cc1cc(C)nc(OC2CCC(NC(=O)c3cnn(-c4ccccc4)c3C)CC2)n1. The molecule has 1 N–H and O–H groups in total. The van der Waals surface area contributed by atoms with Gasteiger partial charge in [-0.15, -0.1) is 0 Å². The minimum Gasteiger partial charge on any atom is -0.460 e. The number of aromatic nitrogens is 4. The summed E-state index contributed by atoms with van der Waals surface area (Å²) in [5, 5.41) is 7.56. The molecule has 0 radical (unpaired) electrons. The molecule has 1 aromatic carbocycles. The van der Waals surface area contributed by atoms with E-state index in [0.29, 0.717) is 11.6 Å². The molecule has 1 aliphatic rings. The molecule has 1 amide bonds. The highest BCUT2D eigenvalue weighted by atomic mass is 16.5. The molecule has 7 nitrogen and oxygen atoms in total. The number of hydrogen-bond donors (Lipinski definition) is 1. The predicted molar refractivity (Wildman–Crippen MR) is 114 cm³/mol. The highest BCUT2D eigenvalue weighted by Gasteiger charge is 2.26. The van der Waals surface area contributed by atoms with Gasteiger partial charge in [-0.25, -0.2) is 14.6 Å². The van der Waals surface area contributed by atoms with Gasteiger partial charge in [-0.05, 0) is 64.7 Å². The third kappa shape index (κ3) is 4.50. The lowest BCUT2D eigenvalue weighted by Crippen LogP contribution is -2.40. The van der Waals surface area contributed by atoms with Crippen LogP contribution in [-0.2, 0) is 0 Å². The summed E-state index contributed by atoms with van der Waals surface area (Å²) in [7, 11) is 0. The molecule has 1 aliphatic carbocycles. The summed E-state index contributed by atoms with van der Waals surface area (Å²) in [5.41, 5.74) is 4.21. The molecule has 3 aromatic rings. The second-order valence-electron chi connectivity index (χ2n) is 7.89. The van der Waals surface area contributed by atoms with E-state index in [1.807, 2.05) is 57.2 Å². The number of rotatable bonds is 5. The van der Waals surface area contributed by atoms with E-state index < -0.39 is 0 Å². The van der Waals surface area contributed by atoms with Crippen LogP contribution in [0.15, 0.2) is 42.6 Å². The van der Waals surface area contributed by atoms with E-state index in [9.17, 15) is 4.79 Å². The molecular formula is C23H27N5O2. The summed E-state index contributed by atoms with van der Waals surface area (Å²) in [4.78, 5) is 21.5. The number of amides is 1. The molecule has 156 valence electrons. The lowest BCUT2D eigenvalue weighted by Gasteiger charge is -2.29. The van der Waals surface area contributed by atoms with E-state index in [-0.39, 0.29) is 18.1 Å². The summed E-state index contributed by atoms with van der Waals surface area (Å²) < 4.78 is 7.77. The molecule has 2 aromatic heterocycles. The number of para-hydroxylation sites is 1. The molecule has 1 fully saturated rings. The van der Waals surface area contributed by atoms with Crippen molar-refractivity contribution in [3.05, 3.63) is 65.2 Å². The van der Waals surface area contributed by atoms with Crippen LogP contribution in [0.2, 0.25) is 0 Å². The lowest BCUT2D eigenvalue weighted by atomic mass is 9.93. The molecular weight excluding hydrogens is 378 g/mol. The standard InChI is InChI=1S/C23H27N5O2/c1-15-13-16(2)26-23(25-15)30-20-11-9-18(10-12-20)27-22(29)21-14-24-28(17(21)3)19-7-5-4-6-8-19/h4-8,13-14,18,20H,9-12H2,1-3H3,(H,27,29). The molecule has 7 heteroatoms. The first kappa shape index (κ1) is 20.1. The molecule has 0 aliphatic heterocycles. The third-order valence-electron chi connectivity index (χ3n) is 5.50. The predicted octanol–water partition coefficient (Wildman–Crippen LogP) is 3.71. The average molecular weight is 406 g/mol. The summed E-state index contributed by atoms with van der Waals surface area (Å²) in [6.45, 7) is 5.80. The van der Waals surface area contributed by atoms with Crippen LogP contribution in [0, 0.1) is 20.8 Å². The monoisotopic (exact) mass is 405 g/mol. The Morgan fingerprint density at radius 2 is 1.70 bits per heavy atom. The number of carbonyl (C=O) groups excluding carboxylic acids is 1. The summed E-state index contributed by atoms with van der Waals surface area (Å²) in [6, 6.07) is 12.3. The van der Waals surface area contributed by atoms with Crippen LogP contribution in [0.25, 0.3) is 5.69 Å². The molecule has 0 spiro atoms. The van der Waals surface area contributed by atoms with E-state index in [1.165, 1.54) is 0 Å². The van der Waals surface area contributed by atoms with E-state index in [2.05, 4.69) is 20.4 Å². The average Bonchev–Trinajstić information content (AvgIpc) is 3.11. The normalized spacial score (nSPS) is 18.8. The topological polar surface area (TPSA) is 81.9 Å². The van der Waals surface area contributed by atoms with Gasteiger partial charge in [-0.3, -0.25) is 4.79 Å². The van der Waals surface area contributed by atoms with Gasteiger partial charge in [0.25, 0.3) is 5.91 Å². The van der Waals surface area contributed by atoms with Crippen molar-refractivity contribution in [2.24, 2.45) is 0 Å². The fraction of sp³-hybridized carbons (Fsp3) is 0.391. The van der Waals surface area contributed by atoms with Gasteiger partial charge < -0.3 is 10.1 Å². The van der Waals surface area contributed by atoms with Crippen LogP contribution in [0.1, 0.15) is 53.1 Å². The number of hydrogen-bond acceptors (Lipinski definition) is 5. The van der Waals surface area contributed by atoms with Gasteiger partial charge in [-0.2, -0.15) is 5.10 Å². The van der Waals surface area contributed by atoms with Gasteiger partial charge in [-0.1, -0.05) is 18.2 Å². The Morgan fingerprint density at radius 3 is 2.37 bits per heavy atom. The van der Waals surface area contributed by atoms with E-state index in [1.54, 1.807) is 10.9 Å². The van der Waals surface area contributed by atoms with Crippen LogP contribution in [0.4, 0.5) is 0 Å². The van der Waals surface area contributed by atoms with Crippen molar-refractivity contribution in [2.75, 3.05) is 0 Å². The first-order chi connectivity index (χ1) is 14.5. The van der Waals surface area contributed by atoms with Gasteiger partial charge in [0.15, 0.2) is 0 Å². The van der Waals surface area contributed by atoms with E-state index >= 15 is 0 Å². The van der Waals surface area contributed by atoms with Crippen molar-refractivity contribution in [3.8, 4) is 11.7 Å². The number of nitrogens with one attached hydrogen (secondary N) is 1. The lowest BCUT2D eigenvalue weighted by molar-refractivity contribution is 0.0884. The molecule has 1 saturated carbocycles. The third-order valence-corrected chi connectivity index (χ3v) is 5.50. The Bertz CT molecular complexity index is 1000. The Balaban J connectivity index is 1.33. The largest absolute Gasteiger partial charge is 0.460 e. The van der Waals surface area contributed by atoms with Gasteiger partial charge in [0.2, 0.25) is 0 Å². The number of aryl methyl sites for hydroxylation is 2. The smallest absolute Gasteiger partial charge is 0.317 e. The number of nitrogens with zero attached hydrogens (tertiary/aromatic N) is 4. The fourth-order valence-corrected chi connectivity index (χ4v) is 3.95. The first-order valence-corrected chi connectivity index (χ1v) is 10.4. The number of benzene rings is 1. The Hall–Kier alpha value is -3.22. The molecule has 0 atom stereocenters. The quantitative estimate of drug-likeness (QED) is 0.700. The second-order valence-corrected chi connectivity index (χ2v) is 7.89. The maximum Gasteiger partial charge on any atom is 0.317 e. The van der Waals surface area contributed by atoms with Crippen molar-refractivity contribution >= 4 is 5.91 Å². The van der Waals surface area contributed by atoms with Gasteiger partial charge in [0.05, 0.1) is 23.1 Å². The van der Waals surface area contributed by atoms with Crippen molar-refractivity contribution in [2.45, 2.75) is 58.6 Å². The van der Waals surface area contributed by atoms with Crippen LogP contribution < -0.4 is 10.1 Å². The van der Waals surface area contributed by atoms with Gasteiger partial charge in [0, 0.05) is 17.4 Å². The molecule has 0 saturated heterocycles. The summed E-state index contributed by atoms with van der Waals surface area (Å²) >= 11 is 0. The Morgan fingerprint density at radius 1 is 1.03 bits per heavy atom. The highest BCUT2D eigenvalue weighted by Crippen LogP contribution is 2.23. The van der Waals surface area contributed by atoms with E-state index in [0.717, 1.165) is 48.5 Å². The van der Waals surface area contributed by atoms with Crippen LogP contribution in [-0.4, -0.2) is 37.8 Å². The molecule has 0 unspecified atom stereocenters. The Kier molecular flexibility index (Phi) is 5.79. The molecule has 0 bridgehead atoms. The zero-order chi connectivity index (χ0) is 21.1. The van der Waals surface area contributed by atoms with Crippen LogP contribution >= 0.6 is 0 Å². The minimum atomic E-state index is -0.0725. The molecule has 4 rings (SSSR count). The van der Waals surface area contributed by atoms with Gasteiger partial charge >= 0.3 is 6.01 Å². The highest BCUT2D eigenvalue weighted by molar-refractivity contribution is 5.95. The maximum atomic E-state index is 12.8. The minimum absolute atomic E-state index is 0.0725. The van der Waals surface area contributed by atoms with E-state index in [4.69, 9.17) is 4.74 Å². The Labute approximate surface area is 176 Å². The number of ether oxygens (including phenoxy) is 1. The second kappa shape index (κ2) is 8.65. The van der Waals surface area contributed by atoms with Crippen molar-refractivity contribution < 1.29 is 9.53 Å². The zero-order valence-corrected chi connectivity index (χ0v) is 17.6. The maximum absolute atomic E-state index is 12.8. The van der Waals surface area contributed by atoms with Gasteiger partial charge in [0.1, 0.15) is 6.10 Å². The molecule has 2 heterocycles. The van der Waals surface area contributed by atoms with Crippen molar-refractivity contribution in [1.82, 2.24) is 25.1 Å². The summed E-state index contributed by atoms with van der Waals surface area (Å²) in [5.74, 6) is -0.0725. The summed E-state index contributed by atoms with van der Waals surface area (Å²) in [6.07, 6.45) is 5.19. The van der Waals surface area contributed by atoms with Crippen LogP contribution in [0.3, 0.4) is 0 Å². The van der Waals surface area contributed by atoms with Crippen molar-refractivity contribution in [3.63, 3.8) is 0 Å². The zero-order valence-electron chi connectivity index (χ0n) is 17.6. The first-order valence-electron chi connectivity index (χ1n) is 10.4. The molecule has 30 heavy (non-hydrogen) atoms. The fourth-order valence-electron chi connectivity index (χ4n) is 3.95. The van der Waals surface area contributed by atoms with Crippen LogP contribution in [0.5, 0.6) is 6.01 Å². The number of carbonyl (C=O) groups is 1. The van der Waals surface area contributed by atoms with Crippen molar-refractivity contribution in [1.29, 1.82) is 0 Å².